The molecule has 2 aromatic carbocycles. The highest BCUT2D eigenvalue weighted by Gasteiger charge is 2.24. The highest BCUT2D eigenvalue weighted by Crippen LogP contribution is 2.47. The zero-order chi connectivity index (χ0) is 18.0. The van der Waals surface area contributed by atoms with Gasteiger partial charge in [0.1, 0.15) is 0 Å². The third-order valence-corrected chi connectivity index (χ3v) is 4.83. The molecule has 0 spiro atoms. The Morgan fingerprint density at radius 1 is 1.00 bits per heavy atom. The highest BCUT2D eigenvalue weighted by atomic mass is 32.2. The van der Waals surface area contributed by atoms with Crippen molar-refractivity contribution in [1.29, 1.82) is 0 Å². The van der Waals surface area contributed by atoms with E-state index in [9.17, 15) is 8.42 Å². The quantitative estimate of drug-likeness (QED) is 0.771. The Balaban J connectivity index is 2.00. The molecule has 25 heavy (non-hydrogen) atoms. The van der Waals surface area contributed by atoms with Crippen LogP contribution in [0, 0.1) is 0 Å². The maximum Gasteiger partial charge on any atom is 0.264 e. The van der Waals surface area contributed by atoms with E-state index in [1.54, 1.807) is 12.2 Å². The number of hydrogen-bond donors (Lipinski definition) is 1. The van der Waals surface area contributed by atoms with Crippen LogP contribution in [0.4, 0.5) is 11.4 Å². The Kier molecular flexibility index (Phi) is 4.65. The monoisotopic (exact) mass is 357 g/mol. The lowest BCUT2D eigenvalue weighted by molar-refractivity contribution is 0.471. The van der Waals surface area contributed by atoms with Crippen LogP contribution in [-0.4, -0.2) is 25.3 Å². The molecule has 0 unspecified atom stereocenters. The molecule has 0 aromatic heterocycles. The molecule has 0 saturated carbocycles. The molecule has 0 amide bonds. The maximum atomic E-state index is 11.0. The van der Waals surface area contributed by atoms with Crippen molar-refractivity contribution < 1.29 is 17.7 Å². The van der Waals surface area contributed by atoms with Crippen molar-refractivity contribution in [3.63, 3.8) is 0 Å². The molecule has 0 fully saturated rings. The summed E-state index contributed by atoms with van der Waals surface area (Å²) >= 11 is 0. The van der Waals surface area contributed by atoms with Crippen molar-refractivity contribution in [1.82, 2.24) is 0 Å². The van der Waals surface area contributed by atoms with E-state index in [2.05, 4.69) is 13.2 Å². The van der Waals surface area contributed by atoms with E-state index in [0.717, 1.165) is 22.5 Å². The summed E-state index contributed by atoms with van der Waals surface area (Å²) in [4.78, 5) is 2.00. The number of anilines is 2. The molecule has 2 aromatic rings. The van der Waals surface area contributed by atoms with E-state index in [1.165, 1.54) is 0 Å². The largest absolute Gasteiger partial charge is 0.453 e. The zero-order valence-corrected chi connectivity index (χ0v) is 14.5. The number of rotatable bonds is 6. The van der Waals surface area contributed by atoms with Crippen LogP contribution in [0.2, 0.25) is 0 Å². The number of benzene rings is 2. The van der Waals surface area contributed by atoms with Crippen LogP contribution in [0.15, 0.2) is 49.6 Å². The van der Waals surface area contributed by atoms with Crippen LogP contribution >= 0.6 is 0 Å². The summed E-state index contributed by atoms with van der Waals surface area (Å²) < 4.78 is 37.1. The minimum absolute atomic E-state index is 0.287. The van der Waals surface area contributed by atoms with E-state index in [0.29, 0.717) is 24.5 Å². The Bertz CT molecular complexity index is 877. The molecule has 1 aliphatic heterocycles. The van der Waals surface area contributed by atoms with Gasteiger partial charge in [-0.15, -0.1) is 0 Å². The van der Waals surface area contributed by atoms with Crippen LogP contribution in [-0.2, 0) is 10.1 Å². The van der Waals surface area contributed by atoms with Gasteiger partial charge in [-0.3, -0.25) is 4.55 Å². The fraction of sp³-hybridized carbons (Fsp3) is 0.158. The van der Waals surface area contributed by atoms with E-state index in [-0.39, 0.29) is 5.75 Å². The van der Waals surface area contributed by atoms with E-state index in [1.807, 2.05) is 41.3 Å². The molecule has 3 rings (SSSR count). The van der Waals surface area contributed by atoms with Gasteiger partial charge in [0, 0.05) is 6.54 Å². The van der Waals surface area contributed by atoms with Crippen LogP contribution in [0.25, 0.3) is 12.2 Å². The molecule has 6 heteroatoms. The van der Waals surface area contributed by atoms with Crippen LogP contribution < -0.4 is 9.64 Å². The molecule has 0 atom stereocenters. The van der Waals surface area contributed by atoms with Crippen molar-refractivity contribution in [2.24, 2.45) is 0 Å². The molecule has 0 radical (unpaired) electrons. The van der Waals surface area contributed by atoms with Crippen molar-refractivity contribution in [2.75, 3.05) is 17.2 Å². The second-order valence-corrected chi connectivity index (χ2v) is 7.33. The number of nitrogens with zero attached hydrogens (tertiary/aromatic N) is 1. The Labute approximate surface area is 147 Å². The number of hydrogen-bond acceptors (Lipinski definition) is 4. The second kappa shape index (κ2) is 6.74. The summed E-state index contributed by atoms with van der Waals surface area (Å²) in [6, 6.07) is 11.5. The van der Waals surface area contributed by atoms with Gasteiger partial charge in [-0.25, -0.2) is 0 Å². The first-order valence-corrected chi connectivity index (χ1v) is 9.46. The molecule has 0 bridgehead atoms. The van der Waals surface area contributed by atoms with Gasteiger partial charge < -0.3 is 9.64 Å². The third kappa shape index (κ3) is 3.75. The first kappa shape index (κ1) is 17.3. The summed E-state index contributed by atoms with van der Waals surface area (Å²) in [5, 5.41) is 0. The minimum Gasteiger partial charge on any atom is -0.453 e. The minimum atomic E-state index is -3.99. The molecule has 5 nitrogen and oxygen atoms in total. The van der Waals surface area contributed by atoms with Gasteiger partial charge in [0.05, 0.1) is 17.1 Å². The van der Waals surface area contributed by atoms with Crippen molar-refractivity contribution >= 4 is 33.6 Å². The molecular weight excluding hydrogens is 338 g/mol. The van der Waals surface area contributed by atoms with Gasteiger partial charge in [0.25, 0.3) is 10.1 Å². The second-order valence-electron chi connectivity index (χ2n) is 5.76. The fourth-order valence-electron chi connectivity index (χ4n) is 2.82. The Morgan fingerprint density at radius 3 is 1.96 bits per heavy atom. The highest BCUT2D eigenvalue weighted by molar-refractivity contribution is 7.85. The van der Waals surface area contributed by atoms with Gasteiger partial charge in [0.2, 0.25) is 0 Å². The van der Waals surface area contributed by atoms with Gasteiger partial charge in [-0.05, 0) is 41.8 Å². The fourth-order valence-corrected chi connectivity index (χ4v) is 3.31. The summed E-state index contributed by atoms with van der Waals surface area (Å²) in [5.74, 6) is 1.07. The molecule has 1 N–H and O–H groups in total. The average molecular weight is 357 g/mol. The number of fused-ring (bicyclic) bond motifs is 2. The van der Waals surface area contributed by atoms with Crippen LogP contribution in [0.5, 0.6) is 11.5 Å². The molecular formula is C19H19NO4S. The first-order chi connectivity index (χ1) is 11.9. The predicted octanol–water partition coefficient (Wildman–Crippen LogP) is 4.49. The lowest BCUT2D eigenvalue weighted by Gasteiger charge is -2.33. The lowest BCUT2D eigenvalue weighted by atomic mass is 10.1. The van der Waals surface area contributed by atoms with Gasteiger partial charge >= 0.3 is 0 Å². The normalized spacial score (nSPS) is 12.8. The van der Waals surface area contributed by atoms with Gasteiger partial charge in [-0.2, -0.15) is 8.42 Å². The smallest absolute Gasteiger partial charge is 0.264 e. The van der Waals surface area contributed by atoms with Crippen molar-refractivity contribution in [3.8, 4) is 11.5 Å². The van der Waals surface area contributed by atoms with Crippen molar-refractivity contribution in [3.05, 3.63) is 60.7 Å². The molecule has 1 aliphatic rings. The van der Waals surface area contributed by atoms with Crippen molar-refractivity contribution in [2.45, 2.75) is 6.42 Å². The maximum absolute atomic E-state index is 11.0. The average Bonchev–Trinajstić information content (AvgIpc) is 2.59. The Hall–Kier alpha value is -2.57. The van der Waals surface area contributed by atoms with Crippen LogP contribution in [0.1, 0.15) is 17.5 Å². The molecule has 130 valence electrons. The first-order valence-electron chi connectivity index (χ1n) is 7.85. The number of ether oxygens (including phenoxy) is 1. The summed E-state index contributed by atoms with van der Waals surface area (Å²) in [6.07, 6.45) is 3.77. The molecule has 1 heterocycles. The zero-order valence-electron chi connectivity index (χ0n) is 13.7. The van der Waals surface area contributed by atoms with Gasteiger partial charge in [0.15, 0.2) is 11.5 Å². The van der Waals surface area contributed by atoms with E-state index >= 15 is 0 Å². The van der Waals surface area contributed by atoms with E-state index in [4.69, 9.17) is 9.29 Å². The topological polar surface area (TPSA) is 66.8 Å². The van der Waals surface area contributed by atoms with Crippen LogP contribution in [0.3, 0.4) is 0 Å². The molecule has 0 saturated heterocycles. The summed E-state index contributed by atoms with van der Waals surface area (Å²) in [7, 11) is -3.99. The van der Waals surface area contributed by atoms with Gasteiger partial charge in [-0.1, -0.05) is 37.4 Å². The SMILES string of the molecule is C=Cc1ccc2c(c1)Oc1cc(C=C)ccc1N2CCCS(=O)(=O)O. The summed E-state index contributed by atoms with van der Waals surface area (Å²) in [5.41, 5.74) is 3.56. The van der Waals surface area contributed by atoms with E-state index < -0.39 is 10.1 Å². The Morgan fingerprint density at radius 2 is 1.52 bits per heavy atom. The molecule has 0 aliphatic carbocycles. The standard InChI is InChI=1S/C19H19NO4S/c1-3-14-6-8-16-18(12-14)24-19-13-15(4-2)7-9-17(19)20(16)10-5-11-25(21,22)23/h3-4,6-9,12-13H,1-2,5,10-11H2,(H,21,22,23). The predicted molar refractivity (Wildman–Crippen MR) is 101 cm³/mol. The third-order valence-electron chi connectivity index (χ3n) is 4.02. The lowest BCUT2D eigenvalue weighted by Crippen LogP contribution is -2.24. The summed E-state index contributed by atoms with van der Waals surface area (Å²) in [6.45, 7) is 7.98.